The van der Waals surface area contributed by atoms with Gasteiger partial charge in [0.15, 0.2) is 0 Å². The van der Waals surface area contributed by atoms with Crippen molar-refractivity contribution in [3.05, 3.63) is 269 Å². The first-order valence-corrected chi connectivity index (χ1v) is 49.7. The zero-order chi connectivity index (χ0) is 105. The summed E-state index contributed by atoms with van der Waals surface area (Å²) in [6.07, 6.45) is 6.57. The number of rotatable bonds is 63. The molecule has 7 aromatic carbocycles. The van der Waals surface area contributed by atoms with Gasteiger partial charge in [-0.3, -0.25) is 71.9 Å². The zero-order valence-corrected chi connectivity index (χ0v) is 84.5. The highest BCUT2D eigenvalue weighted by Crippen LogP contribution is 2.31. The molecule has 0 saturated heterocycles. The second-order valence-electron chi connectivity index (χ2n) is 36.1. The van der Waals surface area contributed by atoms with Crippen LogP contribution in [0.4, 0.5) is 0 Å². The maximum absolute atomic E-state index is 16.1. The highest BCUT2D eigenvalue weighted by molar-refractivity contribution is 5.97. The summed E-state index contributed by atoms with van der Waals surface area (Å²) >= 11 is 0. The van der Waals surface area contributed by atoms with Crippen LogP contribution in [0.1, 0.15) is 187 Å². The van der Waals surface area contributed by atoms with Crippen molar-refractivity contribution in [3.63, 3.8) is 0 Å². The summed E-state index contributed by atoms with van der Waals surface area (Å²) < 4.78 is 0. The van der Waals surface area contributed by atoms with Crippen LogP contribution < -0.4 is 61.0 Å². The number of primary amides is 1. The molecule has 18 N–H and O–H groups in total. The number of nitrogens with one attached hydrogen (secondary N) is 6. The lowest BCUT2D eigenvalue weighted by Crippen LogP contribution is -2.54. The average Bonchev–Trinajstić information content (AvgIpc) is 1.28. The highest BCUT2D eigenvalue weighted by Gasteiger charge is 2.39. The fraction of sp³-hybridized carbons (Fsp3) is 0.439. The third-order valence-corrected chi connectivity index (χ3v) is 25.8. The van der Waals surface area contributed by atoms with E-state index in [1.807, 2.05) is 67.6 Å². The predicted octanol–water partition coefficient (Wildman–Crippen LogP) is 4.76. The van der Waals surface area contributed by atoms with E-state index in [0.717, 1.165) is 18.4 Å². The number of nitrogens with two attached hydrogens (primary N) is 6. The van der Waals surface area contributed by atoms with Crippen LogP contribution in [0, 0.1) is 0 Å². The van der Waals surface area contributed by atoms with Crippen molar-refractivity contribution < 1.29 is 71.9 Å². The topological polar surface area (TPSA) is 533 Å². The van der Waals surface area contributed by atoms with Gasteiger partial charge in [0.25, 0.3) is 0 Å². The number of aromatic amines is 1. The molecule has 0 unspecified atom stereocenters. The van der Waals surface area contributed by atoms with E-state index in [2.05, 4.69) is 36.6 Å². The number of imidazole rings is 1. The molecular formula is C107H147N23O15. The van der Waals surface area contributed by atoms with Crippen molar-refractivity contribution in [2.75, 3.05) is 144 Å². The van der Waals surface area contributed by atoms with E-state index in [1.54, 1.807) is 193 Å². The molecule has 145 heavy (non-hydrogen) atoms. The van der Waals surface area contributed by atoms with Crippen molar-refractivity contribution in [3.8, 4) is 0 Å². The minimum absolute atomic E-state index is 0.0107. The van der Waals surface area contributed by atoms with Gasteiger partial charge in [0.05, 0.1) is 93.6 Å². The molecule has 0 aliphatic rings. The van der Waals surface area contributed by atoms with Crippen LogP contribution >= 0.6 is 0 Å². The van der Waals surface area contributed by atoms with E-state index >= 15 is 43.2 Å². The van der Waals surface area contributed by atoms with Crippen LogP contribution in [0.2, 0.25) is 0 Å². The lowest BCUT2D eigenvalue weighted by Gasteiger charge is -2.38. The Kier molecular flexibility index (Phi) is 49.1. The molecule has 0 aliphatic heterocycles. The monoisotopic (exact) mass is 1990 g/mol. The third-order valence-electron chi connectivity index (χ3n) is 25.8. The maximum Gasteiger partial charge on any atom is 0.243 e. The number of hydrogen-bond acceptors (Lipinski definition) is 22. The second-order valence-corrected chi connectivity index (χ2v) is 36.1. The first-order valence-electron chi connectivity index (χ1n) is 49.7. The molecule has 1 heterocycles. The van der Waals surface area contributed by atoms with Crippen molar-refractivity contribution in [2.24, 2.45) is 34.4 Å². The van der Waals surface area contributed by atoms with E-state index in [0.29, 0.717) is 84.3 Å². The van der Waals surface area contributed by atoms with Crippen LogP contribution in [0.3, 0.4) is 0 Å². The SMILES string of the molecule is C[C@@H](c1ccccc1)N(CC(=O)NCC(=O)NC[C@H](N)C(=O)NCC(=O)N[C@@H](Cc1c[nH]cn1)C(N)=O)C(=O)CN(CCCCN)C(=O)CN(C(=O)CN(C(=O)CN(CCCCN)C(=O)CN(C(=O)CN(C(=O)CN(CCCCN)C(=O)CN(C(=O)CN(C(=O)CNCCCCN)[C@@H](C)c1ccccc1)[C@@H](C)c1ccccc1)[C@@H](C)c1ccccc1)[C@@H](C)c1ccccc1)[C@@H](C)c1ccccc1)[C@@H](C)c1ccccc1. The molecule has 0 fully saturated rings. The Morgan fingerprint density at radius 1 is 0.310 bits per heavy atom. The smallest absolute Gasteiger partial charge is 0.243 e. The normalized spacial score (nSPS) is 12.9. The van der Waals surface area contributed by atoms with Crippen molar-refractivity contribution in [1.82, 2.24) is 85.6 Å². The molecule has 38 nitrogen and oxygen atoms in total. The van der Waals surface area contributed by atoms with E-state index in [1.165, 1.54) is 61.5 Å². The fourth-order valence-electron chi connectivity index (χ4n) is 16.7. The lowest BCUT2D eigenvalue weighted by atomic mass is 10.0. The number of carbonyl (C=O) groups is 15. The number of benzene rings is 7. The van der Waals surface area contributed by atoms with Crippen LogP contribution in [0.5, 0.6) is 0 Å². The Morgan fingerprint density at radius 3 is 0.876 bits per heavy atom. The molecule has 8 rings (SSSR count). The molecule has 0 aliphatic carbocycles. The van der Waals surface area contributed by atoms with E-state index < -0.39 is 222 Å². The number of H-pyrrole nitrogens is 1. The summed E-state index contributed by atoms with van der Waals surface area (Å²) in [5, 5.41) is 13.0. The summed E-state index contributed by atoms with van der Waals surface area (Å²) in [6.45, 7) is 6.07. The molecule has 0 spiro atoms. The first-order chi connectivity index (χ1) is 69.8. The minimum Gasteiger partial charge on any atom is -0.368 e. The van der Waals surface area contributed by atoms with Crippen molar-refractivity contribution >= 4 is 88.6 Å². The Labute approximate surface area is 850 Å². The van der Waals surface area contributed by atoms with Gasteiger partial charge in [-0.2, -0.15) is 0 Å². The molecular weight excluding hydrogens is 1850 g/mol. The van der Waals surface area contributed by atoms with Crippen LogP contribution in [-0.2, 0) is 78.3 Å². The molecule has 780 valence electrons. The van der Waals surface area contributed by atoms with E-state index in [4.69, 9.17) is 34.4 Å². The number of aromatic nitrogens is 2. The number of amides is 15. The van der Waals surface area contributed by atoms with Gasteiger partial charge in [-0.15, -0.1) is 0 Å². The summed E-state index contributed by atoms with van der Waals surface area (Å²) in [6, 6.07) is 54.8. The van der Waals surface area contributed by atoms with Gasteiger partial charge in [-0.05, 0) is 172 Å². The van der Waals surface area contributed by atoms with Crippen molar-refractivity contribution in [1.29, 1.82) is 0 Å². The lowest BCUT2D eigenvalue weighted by molar-refractivity contribution is -0.152. The summed E-state index contributed by atoms with van der Waals surface area (Å²) in [7, 11) is 0. The summed E-state index contributed by atoms with van der Waals surface area (Å²) in [4.78, 5) is 241. The number of hydrogen-bond donors (Lipinski definition) is 12. The Morgan fingerprint density at radius 2 is 0.586 bits per heavy atom. The van der Waals surface area contributed by atoms with Gasteiger partial charge in [0.2, 0.25) is 88.6 Å². The van der Waals surface area contributed by atoms with Crippen molar-refractivity contribution in [2.45, 2.75) is 161 Å². The Balaban J connectivity index is 1.06. The number of carbonyl (C=O) groups excluding carboxylic acids is 15. The molecule has 0 radical (unpaired) electrons. The third kappa shape index (κ3) is 37.4. The minimum atomic E-state index is -1.38. The number of nitrogens with zero attached hydrogens (tertiary/aromatic N) is 11. The number of unbranched alkanes of at least 4 members (excludes halogenated alkanes) is 4. The van der Waals surface area contributed by atoms with Crippen LogP contribution in [0.15, 0.2) is 225 Å². The summed E-state index contributed by atoms with van der Waals surface area (Å²) in [5.41, 5.74) is 40.6. The van der Waals surface area contributed by atoms with E-state index in [9.17, 15) is 28.8 Å². The Bertz CT molecular complexity index is 5400. The highest BCUT2D eigenvalue weighted by atomic mass is 16.2. The average molecular weight is 2000 g/mol. The van der Waals surface area contributed by atoms with Crippen LogP contribution in [0.25, 0.3) is 0 Å². The molecule has 1 aromatic heterocycles. The standard InChI is InChI=1S/C107H147N23O15/c1-76(83-37-15-8-16-38-83)124(65-95(133)117-62-93(131)116-61-91(112)107(145)118-63-94(132)120-92(106(113)144)59-90-60-115-75-119-90)100(138)66-121(56-34-30-52-109)97(135)70-127(79(4)86-43-21-11-22-44-86)104(142)73-129(81(6)88-47-25-13-26-48-88)102(140)68-123(58-36-32-54-111)99(137)71-128(80(5)87-45-23-12-24-46-87)105(143)74-130(82(7)89-49-27-14-28-50-89)101(139)67-122(57-35-31-53-110)98(136)69-126(78(3)85-41-19-10-20-42-85)103(141)72-125(77(2)84-39-17-9-18-40-84)96(134)64-114-55-33-29-51-108/h8-28,37-50,60,75-82,91-92,114H,29-36,51-59,61-74,108-112H2,1-7H3,(H2,113,144)(H,115,119)(H,116,131)(H,117,133)(H,118,145)(H,120,132)/t76-,77-,78-,79-,80-,81-,82-,91-,92-/m0/s1. The zero-order valence-electron chi connectivity index (χ0n) is 84.5. The fourth-order valence-corrected chi connectivity index (χ4v) is 16.7. The molecule has 0 bridgehead atoms. The van der Waals surface area contributed by atoms with Gasteiger partial charge >= 0.3 is 0 Å². The van der Waals surface area contributed by atoms with Gasteiger partial charge in [0.1, 0.15) is 57.9 Å². The van der Waals surface area contributed by atoms with Crippen LogP contribution in [-0.4, -0.2) is 304 Å². The molecule has 8 aromatic rings. The van der Waals surface area contributed by atoms with Gasteiger partial charge in [-0.1, -0.05) is 212 Å². The summed E-state index contributed by atoms with van der Waals surface area (Å²) in [5.74, 6) is -10.3. The van der Waals surface area contributed by atoms with E-state index in [-0.39, 0.29) is 64.6 Å². The molecule has 38 heteroatoms. The molecule has 9 atom stereocenters. The van der Waals surface area contributed by atoms with Gasteiger partial charge < -0.3 is 115 Å². The van der Waals surface area contributed by atoms with Gasteiger partial charge in [-0.25, -0.2) is 4.98 Å². The predicted molar refractivity (Wildman–Crippen MR) is 552 cm³/mol. The Hall–Kier alpha value is -14.4. The maximum atomic E-state index is 16.1. The first kappa shape index (κ1) is 116. The second kappa shape index (κ2) is 61.5. The molecule has 0 saturated carbocycles. The molecule has 15 amide bonds. The van der Waals surface area contributed by atoms with Gasteiger partial charge in [0, 0.05) is 38.8 Å². The quantitative estimate of drug-likeness (QED) is 0.0229. The largest absolute Gasteiger partial charge is 0.368 e.